The van der Waals surface area contributed by atoms with E-state index in [1.54, 1.807) is 17.0 Å². The topological polar surface area (TPSA) is 84.4 Å². The van der Waals surface area contributed by atoms with Crippen molar-refractivity contribution < 1.29 is 14.3 Å². The second-order valence-electron chi connectivity index (χ2n) is 7.83. The highest BCUT2D eigenvalue weighted by Crippen LogP contribution is 2.16. The first-order valence-corrected chi connectivity index (χ1v) is 10.5. The van der Waals surface area contributed by atoms with Gasteiger partial charge in [0.25, 0.3) is 11.8 Å². The van der Waals surface area contributed by atoms with Crippen LogP contribution in [0.3, 0.4) is 0 Å². The van der Waals surface area contributed by atoms with Crippen LogP contribution in [0.2, 0.25) is 0 Å². The molecule has 0 unspecified atom stereocenters. The molecule has 1 aromatic heterocycles. The Hall–Kier alpha value is -3.48. The van der Waals surface area contributed by atoms with Gasteiger partial charge in [-0.05, 0) is 57.0 Å². The van der Waals surface area contributed by atoms with E-state index in [2.05, 4.69) is 15.3 Å². The van der Waals surface area contributed by atoms with Crippen molar-refractivity contribution in [2.45, 2.75) is 32.7 Å². The number of hydrogen-bond acceptors (Lipinski definition) is 5. The molecule has 0 bridgehead atoms. The van der Waals surface area contributed by atoms with Crippen LogP contribution in [-0.2, 0) is 4.79 Å². The van der Waals surface area contributed by atoms with Gasteiger partial charge in [-0.25, -0.2) is 9.97 Å². The minimum absolute atomic E-state index is 0.0258. The average Bonchev–Trinajstić information content (AvgIpc) is 2.79. The minimum atomic E-state index is -0.126. The largest absolute Gasteiger partial charge is 0.484 e. The number of amides is 2. The number of nitrogens with zero attached hydrogens (tertiary/aromatic N) is 3. The molecule has 0 radical (unpaired) electrons. The molecule has 160 valence electrons. The highest BCUT2D eigenvalue weighted by atomic mass is 16.5. The fraction of sp³-hybridized carbons (Fsp3) is 0.333. The molecule has 7 nitrogen and oxygen atoms in total. The number of benzene rings is 2. The van der Waals surface area contributed by atoms with E-state index in [0.717, 1.165) is 22.4 Å². The SMILES string of the molecule is Cc1nc2ccc(C(=O)NC3CCN(C(=O)COc4ccccc4)CC3)cc2nc1C. The maximum Gasteiger partial charge on any atom is 0.260 e. The molecule has 0 spiro atoms. The summed E-state index contributed by atoms with van der Waals surface area (Å²) in [5.41, 5.74) is 3.82. The van der Waals surface area contributed by atoms with Crippen molar-refractivity contribution in [3.63, 3.8) is 0 Å². The van der Waals surface area contributed by atoms with E-state index >= 15 is 0 Å². The van der Waals surface area contributed by atoms with E-state index in [1.807, 2.05) is 50.2 Å². The first-order valence-electron chi connectivity index (χ1n) is 10.5. The Labute approximate surface area is 181 Å². The molecular weight excluding hydrogens is 392 g/mol. The maximum absolute atomic E-state index is 12.7. The number of rotatable bonds is 5. The number of nitrogens with one attached hydrogen (secondary N) is 1. The van der Waals surface area contributed by atoms with E-state index in [1.165, 1.54) is 0 Å². The van der Waals surface area contributed by atoms with Gasteiger partial charge in [0.05, 0.1) is 22.4 Å². The molecule has 2 heterocycles. The van der Waals surface area contributed by atoms with E-state index < -0.39 is 0 Å². The highest BCUT2D eigenvalue weighted by Gasteiger charge is 2.24. The summed E-state index contributed by atoms with van der Waals surface area (Å²) in [5.74, 6) is 0.523. The predicted octanol–water partition coefficient (Wildman–Crippen LogP) is 3.05. The Morgan fingerprint density at radius 3 is 2.39 bits per heavy atom. The van der Waals surface area contributed by atoms with Crippen molar-refractivity contribution >= 4 is 22.8 Å². The zero-order chi connectivity index (χ0) is 21.8. The standard InChI is InChI=1S/C24H26N4O3/c1-16-17(2)26-22-14-18(8-9-21(22)25-16)24(30)27-19-10-12-28(13-11-19)23(29)15-31-20-6-4-3-5-7-20/h3-9,14,19H,10-13,15H2,1-2H3,(H,27,30). The van der Waals surface area contributed by atoms with Crippen LogP contribution in [0, 0.1) is 13.8 Å². The Bertz CT molecular complexity index is 1090. The van der Waals surface area contributed by atoms with Crippen molar-refractivity contribution in [2.24, 2.45) is 0 Å². The molecule has 1 fully saturated rings. The van der Waals surface area contributed by atoms with Crippen molar-refractivity contribution in [1.82, 2.24) is 20.2 Å². The van der Waals surface area contributed by atoms with Gasteiger partial charge >= 0.3 is 0 Å². The molecule has 2 aromatic carbocycles. The lowest BCUT2D eigenvalue weighted by atomic mass is 10.0. The Morgan fingerprint density at radius 2 is 1.68 bits per heavy atom. The van der Waals surface area contributed by atoms with Crippen LogP contribution in [0.25, 0.3) is 11.0 Å². The summed E-state index contributed by atoms with van der Waals surface area (Å²) in [4.78, 5) is 36.0. The molecule has 0 atom stereocenters. The summed E-state index contributed by atoms with van der Waals surface area (Å²) in [6.45, 7) is 5.06. The van der Waals surface area contributed by atoms with Crippen LogP contribution < -0.4 is 10.1 Å². The molecule has 31 heavy (non-hydrogen) atoms. The Kier molecular flexibility index (Phi) is 6.11. The first-order chi connectivity index (χ1) is 15.0. The zero-order valence-corrected chi connectivity index (χ0v) is 17.8. The van der Waals surface area contributed by atoms with Gasteiger partial charge in [0, 0.05) is 24.7 Å². The summed E-state index contributed by atoms with van der Waals surface area (Å²) < 4.78 is 5.55. The monoisotopic (exact) mass is 418 g/mol. The zero-order valence-electron chi connectivity index (χ0n) is 17.8. The molecule has 1 aliphatic rings. The second-order valence-corrected chi connectivity index (χ2v) is 7.83. The third-order valence-corrected chi connectivity index (χ3v) is 5.63. The normalized spacial score (nSPS) is 14.5. The van der Waals surface area contributed by atoms with Crippen molar-refractivity contribution in [1.29, 1.82) is 0 Å². The molecule has 0 saturated carbocycles. The smallest absolute Gasteiger partial charge is 0.260 e. The Morgan fingerprint density at radius 1 is 1.00 bits per heavy atom. The van der Waals surface area contributed by atoms with E-state index in [4.69, 9.17) is 4.74 Å². The second kappa shape index (κ2) is 9.12. The molecule has 3 aromatic rings. The van der Waals surface area contributed by atoms with Gasteiger partial charge in [-0.2, -0.15) is 0 Å². The predicted molar refractivity (Wildman–Crippen MR) is 118 cm³/mol. The first kappa shape index (κ1) is 20.8. The molecule has 1 saturated heterocycles. The molecule has 1 aliphatic heterocycles. The van der Waals surface area contributed by atoms with E-state index in [-0.39, 0.29) is 24.5 Å². The molecule has 1 N–H and O–H groups in total. The number of ether oxygens (including phenoxy) is 1. The Balaban J connectivity index is 1.29. The van der Waals surface area contributed by atoms with Gasteiger partial charge in [-0.3, -0.25) is 9.59 Å². The van der Waals surface area contributed by atoms with Crippen molar-refractivity contribution in [3.8, 4) is 5.75 Å². The number of likely N-dealkylation sites (tertiary alicyclic amines) is 1. The lowest BCUT2D eigenvalue weighted by Gasteiger charge is -2.32. The lowest BCUT2D eigenvalue weighted by molar-refractivity contribution is -0.134. The fourth-order valence-corrected chi connectivity index (χ4v) is 3.67. The van der Waals surface area contributed by atoms with Crippen LogP contribution in [0.15, 0.2) is 48.5 Å². The molecular formula is C24H26N4O3. The van der Waals surface area contributed by atoms with Gasteiger partial charge in [0.2, 0.25) is 0 Å². The third kappa shape index (κ3) is 4.99. The van der Waals surface area contributed by atoms with Gasteiger partial charge in [0.15, 0.2) is 6.61 Å². The highest BCUT2D eigenvalue weighted by molar-refractivity contribution is 5.97. The molecule has 2 amide bonds. The van der Waals surface area contributed by atoms with Gasteiger partial charge in [-0.15, -0.1) is 0 Å². The summed E-state index contributed by atoms with van der Waals surface area (Å²) in [6, 6.07) is 14.7. The summed E-state index contributed by atoms with van der Waals surface area (Å²) in [6.07, 6.45) is 1.43. The molecule has 7 heteroatoms. The number of aromatic nitrogens is 2. The van der Waals surface area contributed by atoms with Crippen LogP contribution in [-0.4, -0.2) is 52.4 Å². The number of piperidine rings is 1. The quantitative estimate of drug-likeness (QED) is 0.688. The number of carbonyl (C=O) groups is 2. The van der Waals surface area contributed by atoms with Gasteiger partial charge < -0.3 is 15.0 Å². The number of carbonyl (C=O) groups excluding carboxylic acids is 2. The maximum atomic E-state index is 12.7. The molecule has 0 aliphatic carbocycles. The van der Waals surface area contributed by atoms with Crippen molar-refractivity contribution in [3.05, 3.63) is 65.5 Å². The average molecular weight is 418 g/mol. The van der Waals surface area contributed by atoms with E-state index in [9.17, 15) is 9.59 Å². The summed E-state index contributed by atoms with van der Waals surface area (Å²) in [7, 11) is 0. The van der Waals surface area contributed by atoms with Gasteiger partial charge in [-0.1, -0.05) is 18.2 Å². The molecule has 4 rings (SSSR count). The van der Waals surface area contributed by atoms with Crippen LogP contribution in [0.4, 0.5) is 0 Å². The number of para-hydroxylation sites is 1. The lowest BCUT2D eigenvalue weighted by Crippen LogP contribution is -2.47. The van der Waals surface area contributed by atoms with Crippen LogP contribution >= 0.6 is 0 Å². The van der Waals surface area contributed by atoms with E-state index in [0.29, 0.717) is 37.2 Å². The van der Waals surface area contributed by atoms with Crippen LogP contribution in [0.1, 0.15) is 34.6 Å². The number of aryl methyl sites for hydroxylation is 2. The van der Waals surface area contributed by atoms with Crippen molar-refractivity contribution in [2.75, 3.05) is 19.7 Å². The fourth-order valence-electron chi connectivity index (χ4n) is 3.67. The number of hydrogen-bond donors (Lipinski definition) is 1. The van der Waals surface area contributed by atoms with Crippen LogP contribution in [0.5, 0.6) is 5.75 Å². The summed E-state index contributed by atoms with van der Waals surface area (Å²) >= 11 is 0. The third-order valence-electron chi connectivity index (χ3n) is 5.63. The number of fused-ring (bicyclic) bond motifs is 1. The minimum Gasteiger partial charge on any atom is -0.484 e. The van der Waals surface area contributed by atoms with Gasteiger partial charge in [0.1, 0.15) is 5.75 Å². The summed E-state index contributed by atoms with van der Waals surface area (Å²) in [5, 5.41) is 3.09.